The molecule has 1 heterocycles. The number of halogens is 1. The van der Waals surface area contributed by atoms with Crippen molar-refractivity contribution in [3.8, 4) is 0 Å². The van der Waals surface area contributed by atoms with Crippen molar-refractivity contribution in [2.45, 2.75) is 25.9 Å². The van der Waals surface area contributed by atoms with Gasteiger partial charge in [-0.15, -0.1) is 0 Å². The average Bonchev–Trinajstić information content (AvgIpc) is 2.27. The first-order valence-corrected chi connectivity index (χ1v) is 6.39. The summed E-state index contributed by atoms with van der Waals surface area (Å²) in [4.78, 5) is 2.17. The molecule has 0 unspecified atom stereocenters. The molecule has 4 heteroatoms. The highest BCUT2D eigenvalue weighted by Gasteiger charge is 2.27. The molecule has 0 radical (unpaired) electrons. The minimum absolute atomic E-state index is 0.182. The van der Waals surface area contributed by atoms with Crippen molar-refractivity contribution in [2.75, 3.05) is 31.1 Å². The van der Waals surface area contributed by atoms with E-state index in [-0.39, 0.29) is 11.4 Å². The summed E-state index contributed by atoms with van der Waals surface area (Å²) in [5.74, 6) is -0.194. The third-order valence-electron chi connectivity index (χ3n) is 3.17. The van der Waals surface area contributed by atoms with Crippen LogP contribution in [0.25, 0.3) is 0 Å². The Bertz CT molecular complexity index is 420. The van der Waals surface area contributed by atoms with Gasteiger partial charge in [0, 0.05) is 18.8 Å². The van der Waals surface area contributed by atoms with E-state index in [0.717, 1.165) is 24.3 Å². The van der Waals surface area contributed by atoms with E-state index in [9.17, 15) is 4.39 Å². The minimum Gasteiger partial charge on any atom is -0.372 e. The second kappa shape index (κ2) is 5.24. The van der Waals surface area contributed by atoms with E-state index >= 15 is 0 Å². The van der Waals surface area contributed by atoms with E-state index in [1.54, 1.807) is 12.1 Å². The van der Waals surface area contributed by atoms with E-state index in [4.69, 9.17) is 10.5 Å². The third-order valence-corrected chi connectivity index (χ3v) is 3.17. The minimum atomic E-state index is -0.194. The second-order valence-corrected chi connectivity index (χ2v) is 5.39. The summed E-state index contributed by atoms with van der Waals surface area (Å²) in [5.41, 5.74) is 7.23. The van der Waals surface area contributed by atoms with Crippen LogP contribution in [-0.2, 0) is 11.2 Å². The van der Waals surface area contributed by atoms with Gasteiger partial charge >= 0.3 is 0 Å². The van der Waals surface area contributed by atoms with E-state index in [1.807, 2.05) is 6.07 Å². The number of nitrogens with zero attached hydrogens (tertiary/aromatic N) is 1. The van der Waals surface area contributed by atoms with Crippen molar-refractivity contribution in [2.24, 2.45) is 5.73 Å². The molecule has 1 aromatic rings. The molecule has 0 aliphatic carbocycles. The van der Waals surface area contributed by atoms with Crippen molar-refractivity contribution in [3.05, 3.63) is 29.6 Å². The second-order valence-electron chi connectivity index (χ2n) is 5.39. The summed E-state index contributed by atoms with van der Waals surface area (Å²) >= 11 is 0. The normalized spacial score (nSPS) is 19.0. The Morgan fingerprint density at radius 2 is 2.17 bits per heavy atom. The number of hydrogen-bond acceptors (Lipinski definition) is 3. The van der Waals surface area contributed by atoms with Crippen LogP contribution in [0.1, 0.15) is 19.4 Å². The first-order valence-electron chi connectivity index (χ1n) is 6.39. The van der Waals surface area contributed by atoms with Gasteiger partial charge in [0.15, 0.2) is 0 Å². The molecule has 0 bridgehead atoms. The molecule has 1 aliphatic heterocycles. The number of ether oxygens (including phenoxy) is 1. The van der Waals surface area contributed by atoms with E-state index < -0.39 is 0 Å². The van der Waals surface area contributed by atoms with Gasteiger partial charge in [0.05, 0.1) is 12.2 Å². The van der Waals surface area contributed by atoms with Crippen molar-refractivity contribution >= 4 is 5.69 Å². The van der Waals surface area contributed by atoms with Gasteiger partial charge in [-0.2, -0.15) is 0 Å². The Hall–Kier alpha value is -1.13. The fraction of sp³-hybridized carbons (Fsp3) is 0.571. The third kappa shape index (κ3) is 3.21. The Morgan fingerprint density at radius 1 is 1.39 bits per heavy atom. The van der Waals surface area contributed by atoms with Crippen molar-refractivity contribution in [3.63, 3.8) is 0 Å². The number of rotatable bonds is 3. The lowest BCUT2D eigenvalue weighted by molar-refractivity contribution is -0.0277. The summed E-state index contributed by atoms with van der Waals surface area (Å²) in [5, 5.41) is 0. The fourth-order valence-electron chi connectivity index (χ4n) is 2.36. The first-order chi connectivity index (χ1) is 8.50. The lowest BCUT2D eigenvalue weighted by atomic mass is 10.1. The first kappa shape index (κ1) is 13.3. The van der Waals surface area contributed by atoms with Crippen LogP contribution in [0.3, 0.4) is 0 Å². The Morgan fingerprint density at radius 3 is 2.83 bits per heavy atom. The maximum atomic E-state index is 13.6. The smallest absolute Gasteiger partial charge is 0.125 e. The lowest BCUT2D eigenvalue weighted by Crippen LogP contribution is -2.48. The number of morpholine rings is 1. The molecular weight excluding hydrogens is 231 g/mol. The van der Waals surface area contributed by atoms with E-state index in [0.29, 0.717) is 19.6 Å². The fourth-order valence-corrected chi connectivity index (χ4v) is 2.36. The van der Waals surface area contributed by atoms with E-state index in [1.165, 1.54) is 0 Å². The van der Waals surface area contributed by atoms with Gasteiger partial charge in [0.25, 0.3) is 0 Å². The molecule has 0 atom stereocenters. The Labute approximate surface area is 108 Å². The maximum Gasteiger partial charge on any atom is 0.125 e. The highest BCUT2D eigenvalue weighted by Crippen LogP contribution is 2.25. The summed E-state index contributed by atoms with van der Waals surface area (Å²) < 4.78 is 19.3. The SMILES string of the molecule is CC1(C)CN(c2cc(F)cc(CCN)c2)CCO1. The quantitative estimate of drug-likeness (QED) is 0.893. The van der Waals surface area contributed by atoms with Crippen LogP contribution in [0, 0.1) is 5.82 Å². The maximum absolute atomic E-state index is 13.6. The topological polar surface area (TPSA) is 38.5 Å². The van der Waals surface area contributed by atoms with Gasteiger partial charge in [-0.3, -0.25) is 0 Å². The zero-order chi connectivity index (χ0) is 13.2. The summed E-state index contributed by atoms with van der Waals surface area (Å²) in [7, 11) is 0. The highest BCUT2D eigenvalue weighted by atomic mass is 19.1. The number of anilines is 1. The molecule has 1 fully saturated rings. The molecule has 3 nitrogen and oxygen atoms in total. The molecule has 1 aromatic carbocycles. The lowest BCUT2D eigenvalue weighted by Gasteiger charge is -2.39. The molecule has 0 aromatic heterocycles. The Kier molecular flexibility index (Phi) is 3.88. The molecule has 2 N–H and O–H groups in total. The van der Waals surface area contributed by atoms with Crippen LogP contribution in [0.2, 0.25) is 0 Å². The van der Waals surface area contributed by atoms with Crippen LogP contribution in [0.15, 0.2) is 18.2 Å². The summed E-state index contributed by atoms with van der Waals surface area (Å²) in [6.45, 7) is 6.90. The van der Waals surface area contributed by atoms with Gasteiger partial charge in [0.2, 0.25) is 0 Å². The van der Waals surface area contributed by atoms with Gasteiger partial charge in [0.1, 0.15) is 5.82 Å². The average molecular weight is 252 g/mol. The molecule has 100 valence electrons. The van der Waals surface area contributed by atoms with Crippen LogP contribution < -0.4 is 10.6 Å². The van der Waals surface area contributed by atoms with Crippen molar-refractivity contribution in [1.82, 2.24) is 0 Å². The standard InChI is InChI=1S/C14H21FN2O/c1-14(2)10-17(5-6-18-14)13-8-11(3-4-16)7-12(15)9-13/h7-9H,3-6,10,16H2,1-2H3. The van der Waals surface area contributed by atoms with Gasteiger partial charge in [-0.1, -0.05) is 0 Å². The molecule has 2 rings (SSSR count). The van der Waals surface area contributed by atoms with Gasteiger partial charge in [-0.25, -0.2) is 4.39 Å². The predicted molar refractivity (Wildman–Crippen MR) is 71.4 cm³/mol. The van der Waals surface area contributed by atoms with Gasteiger partial charge in [-0.05, 0) is 50.6 Å². The summed E-state index contributed by atoms with van der Waals surface area (Å²) in [6, 6.07) is 5.17. The van der Waals surface area contributed by atoms with E-state index in [2.05, 4.69) is 18.7 Å². The van der Waals surface area contributed by atoms with Crippen LogP contribution in [0.4, 0.5) is 10.1 Å². The molecule has 0 spiro atoms. The highest BCUT2D eigenvalue weighted by molar-refractivity contribution is 5.50. The molecule has 18 heavy (non-hydrogen) atoms. The van der Waals surface area contributed by atoms with Gasteiger partial charge < -0.3 is 15.4 Å². The molecule has 1 saturated heterocycles. The molecular formula is C14H21FN2O. The molecule has 0 amide bonds. The van der Waals surface area contributed by atoms with Crippen LogP contribution in [0.5, 0.6) is 0 Å². The Balaban J connectivity index is 2.21. The largest absolute Gasteiger partial charge is 0.372 e. The number of hydrogen-bond donors (Lipinski definition) is 1. The summed E-state index contributed by atoms with van der Waals surface area (Å²) in [6.07, 6.45) is 0.707. The zero-order valence-electron chi connectivity index (χ0n) is 11.1. The van der Waals surface area contributed by atoms with Crippen LogP contribution in [-0.4, -0.2) is 31.8 Å². The van der Waals surface area contributed by atoms with Crippen molar-refractivity contribution in [1.29, 1.82) is 0 Å². The predicted octanol–water partition coefficient (Wildman–Crippen LogP) is 1.94. The number of benzene rings is 1. The molecule has 1 aliphatic rings. The monoisotopic (exact) mass is 252 g/mol. The molecule has 0 saturated carbocycles. The van der Waals surface area contributed by atoms with Crippen LogP contribution >= 0.6 is 0 Å². The van der Waals surface area contributed by atoms with Crippen molar-refractivity contribution < 1.29 is 9.13 Å². The zero-order valence-corrected chi connectivity index (χ0v) is 11.1. The number of nitrogens with two attached hydrogens (primary N) is 1.